The van der Waals surface area contributed by atoms with Gasteiger partial charge in [0.25, 0.3) is 0 Å². The van der Waals surface area contributed by atoms with Crippen LogP contribution in [0.5, 0.6) is 0 Å². The van der Waals surface area contributed by atoms with Gasteiger partial charge in [-0.2, -0.15) is 0 Å². The van der Waals surface area contributed by atoms with Crippen LogP contribution in [0.1, 0.15) is 58.9 Å². The third-order valence-corrected chi connectivity index (χ3v) is 6.73. The molecule has 15 nitrogen and oxygen atoms in total. The second-order valence-corrected chi connectivity index (χ2v) is 11.8. The highest BCUT2D eigenvalue weighted by molar-refractivity contribution is 5.95. The molecular formula is C30H51N9O6. The topological polar surface area (TPSA) is 270 Å². The molecule has 0 unspecified atom stereocenters. The number of nitrogens with one attached hydrogen (secondary N) is 4. The Kier molecular flexibility index (Phi) is 17.2. The quantitative estimate of drug-likeness (QED) is 0.0441. The molecule has 0 aliphatic rings. The molecule has 0 aromatic heterocycles. The minimum absolute atomic E-state index is 0.0192. The first-order valence-corrected chi connectivity index (χ1v) is 15.1. The van der Waals surface area contributed by atoms with Gasteiger partial charge in [-0.25, -0.2) is 0 Å². The van der Waals surface area contributed by atoms with E-state index in [1.165, 1.54) is 0 Å². The Morgan fingerprint density at radius 2 is 1.20 bits per heavy atom. The van der Waals surface area contributed by atoms with Crippen molar-refractivity contribution in [2.75, 3.05) is 13.2 Å². The first-order chi connectivity index (χ1) is 21.1. The van der Waals surface area contributed by atoms with Gasteiger partial charge in [-0.15, -0.1) is 0 Å². The number of rotatable bonds is 20. The molecule has 5 atom stereocenters. The van der Waals surface area contributed by atoms with Crippen LogP contribution in [0.25, 0.3) is 0 Å². The van der Waals surface area contributed by atoms with Crippen molar-refractivity contribution < 1.29 is 29.1 Å². The fourth-order valence-corrected chi connectivity index (χ4v) is 4.43. The number of nitrogens with zero attached hydrogens (tertiary/aromatic N) is 1. The number of primary amides is 1. The van der Waals surface area contributed by atoms with Gasteiger partial charge in [-0.1, -0.05) is 58.0 Å². The molecule has 0 saturated heterocycles. The van der Waals surface area contributed by atoms with Gasteiger partial charge in [0, 0.05) is 13.0 Å². The van der Waals surface area contributed by atoms with Crippen LogP contribution in [-0.2, 0) is 30.4 Å². The number of hydrogen-bond acceptors (Lipinski definition) is 8. The molecule has 0 spiro atoms. The predicted molar refractivity (Wildman–Crippen MR) is 171 cm³/mol. The Morgan fingerprint density at radius 3 is 1.64 bits per heavy atom. The lowest BCUT2D eigenvalue weighted by Crippen LogP contribution is -2.59. The van der Waals surface area contributed by atoms with Crippen molar-refractivity contribution in [1.82, 2.24) is 21.3 Å². The van der Waals surface area contributed by atoms with Crippen LogP contribution in [0.15, 0.2) is 35.3 Å². The molecule has 0 radical (unpaired) electrons. The summed E-state index contributed by atoms with van der Waals surface area (Å²) < 4.78 is 0. The summed E-state index contributed by atoms with van der Waals surface area (Å²) in [6.07, 6.45) is 1.12. The third-order valence-electron chi connectivity index (χ3n) is 6.73. The van der Waals surface area contributed by atoms with Crippen LogP contribution >= 0.6 is 0 Å². The van der Waals surface area contributed by atoms with Crippen molar-refractivity contribution in [2.24, 2.45) is 39.8 Å². The lowest BCUT2D eigenvalue weighted by atomic mass is 9.98. The highest BCUT2D eigenvalue weighted by Crippen LogP contribution is 2.11. The van der Waals surface area contributed by atoms with E-state index in [1.807, 2.05) is 33.8 Å². The fraction of sp³-hybridized carbons (Fsp3) is 0.600. The zero-order chi connectivity index (χ0) is 34.1. The van der Waals surface area contributed by atoms with Crippen molar-refractivity contribution in [3.05, 3.63) is 35.9 Å². The highest BCUT2D eigenvalue weighted by atomic mass is 16.3. The van der Waals surface area contributed by atoms with Gasteiger partial charge in [-0.3, -0.25) is 29.0 Å². The van der Waals surface area contributed by atoms with Crippen LogP contribution < -0.4 is 44.2 Å². The minimum Gasteiger partial charge on any atom is -0.394 e. The Hall–Kier alpha value is -4.24. The maximum Gasteiger partial charge on any atom is 0.243 e. The Morgan fingerprint density at radius 1 is 0.733 bits per heavy atom. The standard InChI is InChI=1S/C30H51N9O6/c1-17(2)13-22(27(43)36-21(25(32)41)11-8-12-35-30(33)34)38-28(44)23(14-18(3)4)39-29(45)24(37-26(42)20(31)16-40)15-19-9-6-5-7-10-19/h5-7,9-10,17-18,20-24,40H,8,11-16,31H2,1-4H3,(H2,32,41)(H,36,43)(H,37,42)(H,38,44)(H,39,45)(H4,33,34,35)/t20-,21+,22-,23-,24-/m0/s1. The van der Waals surface area contributed by atoms with Gasteiger partial charge in [0.2, 0.25) is 29.5 Å². The molecule has 0 heterocycles. The molecule has 0 aliphatic carbocycles. The lowest BCUT2D eigenvalue weighted by molar-refractivity contribution is -0.135. The molecule has 0 saturated carbocycles. The molecule has 0 bridgehead atoms. The third kappa shape index (κ3) is 15.4. The highest BCUT2D eigenvalue weighted by Gasteiger charge is 2.32. The van der Waals surface area contributed by atoms with E-state index in [-0.39, 0.29) is 50.0 Å². The molecule has 15 heteroatoms. The molecule has 1 aromatic carbocycles. The van der Waals surface area contributed by atoms with Crippen molar-refractivity contribution in [3.63, 3.8) is 0 Å². The summed E-state index contributed by atoms with van der Waals surface area (Å²) >= 11 is 0. The number of guanidine groups is 1. The first-order valence-electron chi connectivity index (χ1n) is 15.1. The van der Waals surface area contributed by atoms with E-state index in [1.54, 1.807) is 24.3 Å². The van der Waals surface area contributed by atoms with Crippen LogP contribution in [0, 0.1) is 11.8 Å². The summed E-state index contributed by atoms with van der Waals surface area (Å²) in [5.41, 5.74) is 22.6. The lowest BCUT2D eigenvalue weighted by Gasteiger charge is -2.28. The molecule has 1 rings (SSSR count). The predicted octanol–water partition coefficient (Wildman–Crippen LogP) is -1.88. The van der Waals surface area contributed by atoms with Crippen molar-refractivity contribution >= 4 is 35.5 Å². The minimum atomic E-state index is -1.24. The van der Waals surface area contributed by atoms with E-state index in [0.717, 1.165) is 5.56 Å². The average molecular weight is 634 g/mol. The largest absolute Gasteiger partial charge is 0.394 e. The van der Waals surface area contributed by atoms with E-state index in [0.29, 0.717) is 6.42 Å². The summed E-state index contributed by atoms with van der Waals surface area (Å²) in [5.74, 6) is -3.49. The van der Waals surface area contributed by atoms with E-state index in [9.17, 15) is 29.1 Å². The zero-order valence-corrected chi connectivity index (χ0v) is 26.6. The van der Waals surface area contributed by atoms with E-state index < -0.39 is 66.4 Å². The van der Waals surface area contributed by atoms with E-state index >= 15 is 0 Å². The molecule has 0 fully saturated rings. The number of nitrogens with two attached hydrogens (primary N) is 4. The first kappa shape index (κ1) is 38.8. The summed E-state index contributed by atoms with van der Waals surface area (Å²) in [4.78, 5) is 68.8. The summed E-state index contributed by atoms with van der Waals surface area (Å²) in [6.45, 7) is 7.10. The molecule has 13 N–H and O–H groups in total. The number of aliphatic hydroxyl groups is 1. The van der Waals surface area contributed by atoms with Crippen molar-refractivity contribution in [1.29, 1.82) is 0 Å². The van der Waals surface area contributed by atoms with E-state index in [4.69, 9.17) is 22.9 Å². The fourth-order valence-electron chi connectivity index (χ4n) is 4.43. The van der Waals surface area contributed by atoms with Gasteiger partial charge in [-0.05, 0) is 43.1 Å². The number of aliphatic hydroxyl groups excluding tert-OH is 1. The number of carbonyl (C=O) groups is 5. The molecule has 1 aromatic rings. The normalized spacial score (nSPS) is 14.4. The zero-order valence-electron chi connectivity index (χ0n) is 26.6. The number of benzene rings is 1. The van der Waals surface area contributed by atoms with E-state index in [2.05, 4.69) is 26.3 Å². The molecule has 0 aliphatic heterocycles. The van der Waals surface area contributed by atoms with Crippen LogP contribution in [-0.4, -0.2) is 84.0 Å². The average Bonchev–Trinajstić information content (AvgIpc) is 2.96. The van der Waals surface area contributed by atoms with Crippen LogP contribution in [0.3, 0.4) is 0 Å². The summed E-state index contributed by atoms with van der Waals surface area (Å²) in [6, 6.07) is 3.49. The number of carbonyl (C=O) groups excluding carboxylic acids is 5. The molecular weight excluding hydrogens is 582 g/mol. The summed E-state index contributed by atoms with van der Waals surface area (Å²) in [5, 5.41) is 19.9. The van der Waals surface area contributed by atoms with Crippen molar-refractivity contribution in [2.45, 2.75) is 90.0 Å². The molecule has 45 heavy (non-hydrogen) atoms. The second-order valence-electron chi connectivity index (χ2n) is 11.8. The Labute approximate surface area is 264 Å². The smallest absolute Gasteiger partial charge is 0.243 e. The Bertz CT molecular complexity index is 1140. The van der Waals surface area contributed by atoms with Crippen molar-refractivity contribution in [3.8, 4) is 0 Å². The number of aliphatic imine (C=N–C) groups is 1. The Balaban J connectivity index is 3.15. The maximum atomic E-state index is 13.6. The van der Waals surface area contributed by atoms with Gasteiger partial charge >= 0.3 is 0 Å². The summed E-state index contributed by atoms with van der Waals surface area (Å²) in [7, 11) is 0. The maximum absolute atomic E-state index is 13.6. The van der Waals surface area contributed by atoms with Gasteiger partial charge < -0.3 is 49.3 Å². The second kappa shape index (κ2) is 19.9. The van der Waals surface area contributed by atoms with Crippen LogP contribution in [0.4, 0.5) is 0 Å². The number of hydrogen-bond donors (Lipinski definition) is 9. The SMILES string of the molecule is CC(C)C[C@H](NC(=O)[C@H](Cc1ccccc1)NC(=O)[C@@H](N)CO)C(=O)N[C@@H](CC(C)C)C(=O)N[C@H](CCCN=C(N)N)C(N)=O. The van der Waals surface area contributed by atoms with Gasteiger partial charge in [0.05, 0.1) is 6.61 Å². The monoisotopic (exact) mass is 633 g/mol. The molecule has 5 amide bonds. The van der Waals surface area contributed by atoms with Gasteiger partial charge in [0.1, 0.15) is 30.2 Å². The molecule has 252 valence electrons. The number of amides is 5. The van der Waals surface area contributed by atoms with Gasteiger partial charge in [0.15, 0.2) is 5.96 Å². The van der Waals surface area contributed by atoms with Crippen LogP contribution in [0.2, 0.25) is 0 Å².